The van der Waals surface area contributed by atoms with Crippen molar-refractivity contribution in [2.75, 3.05) is 11.9 Å². The highest BCUT2D eigenvalue weighted by Crippen LogP contribution is 2.10. The number of hydrogen-bond acceptors (Lipinski definition) is 3. The first-order valence-electron chi connectivity index (χ1n) is 9.86. The SMILES string of the molecule is C=Cc1c(C)[nH]c(NC(=O)NCCCCCCCCCCCC)nc1=O. The summed E-state index contributed by atoms with van der Waals surface area (Å²) in [5.74, 6) is 0.152. The average Bonchev–Trinajstić information content (AvgIpc) is 2.59. The summed E-state index contributed by atoms with van der Waals surface area (Å²) in [6.45, 7) is 8.18. The molecule has 0 fully saturated rings. The molecular formula is C20H34N4O2. The Balaban J connectivity index is 2.11. The molecule has 1 aromatic rings. The van der Waals surface area contributed by atoms with E-state index in [1.165, 1.54) is 57.4 Å². The minimum Gasteiger partial charge on any atom is -0.338 e. The molecule has 1 heterocycles. The molecule has 0 saturated carbocycles. The van der Waals surface area contributed by atoms with Crippen molar-refractivity contribution in [3.63, 3.8) is 0 Å². The summed E-state index contributed by atoms with van der Waals surface area (Å²) in [7, 11) is 0. The van der Waals surface area contributed by atoms with Crippen LogP contribution < -0.4 is 16.2 Å². The number of nitrogens with one attached hydrogen (secondary N) is 3. The topological polar surface area (TPSA) is 86.9 Å². The Morgan fingerprint density at radius 2 is 1.65 bits per heavy atom. The predicted octanol–water partition coefficient (Wildman–Crippen LogP) is 4.76. The Morgan fingerprint density at radius 3 is 2.19 bits per heavy atom. The van der Waals surface area contributed by atoms with Crippen molar-refractivity contribution in [3.8, 4) is 0 Å². The molecule has 1 aromatic heterocycles. The number of anilines is 1. The van der Waals surface area contributed by atoms with Gasteiger partial charge in [0.2, 0.25) is 5.95 Å². The number of carbonyl (C=O) groups is 1. The number of unbranched alkanes of at least 4 members (excludes halogenated alkanes) is 9. The van der Waals surface area contributed by atoms with Crippen LogP contribution >= 0.6 is 0 Å². The van der Waals surface area contributed by atoms with Crippen molar-refractivity contribution in [1.82, 2.24) is 15.3 Å². The van der Waals surface area contributed by atoms with Gasteiger partial charge in [-0.3, -0.25) is 10.1 Å². The third-order valence-corrected chi connectivity index (χ3v) is 4.41. The third kappa shape index (κ3) is 8.83. The molecular weight excluding hydrogens is 328 g/mol. The zero-order chi connectivity index (χ0) is 19.2. The van der Waals surface area contributed by atoms with E-state index in [9.17, 15) is 9.59 Å². The van der Waals surface area contributed by atoms with Gasteiger partial charge in [-0.25, -0.2) is 4.79 Å². The average molecular weight is 363 g/mol. The second-order valence-corrected chi connectivity index (χ2v) is 6.70. The zero-order valence-corrected chi connectivity index (χ0v) is 16.3. The lowest BCUT2D eigenvalue weighted by atomic mass is 10.1. The molecule has 0 aromatic carbocycles. The summed E-state index contributed by atoms with van der Waals surface area (Å²) >= 11 is 0. The molecule has 0 spiro atoms. The van der Waals surface area contributed by atoms with Crippen LogP contribution in [0, 0.1) is 6.92 Å². The fourth-order valence-corrected chi connectivity index (χ4v) is 2.86. The molecule has 6 nitrogen and oxygen atoms in total. The van der Waals surface area contributed by atoms with E-state index in [0.29, 0.717) is 17.8 Å². The first-order valence-corrected chi connectivity index (χ1v) is 9.86. The minimum absolute atomic E-state index is 0.152. The number of aryl methyl sites for hydroxylation is 1. The Hall–Kier alpha value is -2.11. The van der Waals surface area contributed by atoms with E-state index in [1.54, 1.807) is 6.92 Å². The smallest absolute Gasteiger partial charge is 0.321 e. The van der Waals surface area contributed by atoms with Crippen molar-refractivity contribution >= 4 is 18.1 Å². The highest BCUT2D eigenvalue weighted by Gasteiger charge is 2.07. The lowest BCUT2D eigenvalue weighted by molar-refractivity contribution is 0.251. The van der Waals surface area contributed by atoms with Crippen LogP contribution in [0.5, 0.6) is 0 Å². The minimum atomic E-state index is -0.402. The van der Waals surface area contributed by atoms with E-state index >= 15 is 0 Å². The number of nitrogens with zero attached hydrogens (tertiary/aromatic N) is 1. The van der Waals surface area contributed by atoms with Crippen molar-refractivity contribution in [2.24, 2.45) is 0 Å². The fraction of sp³-hybridized carbons (Fsp3) is 0.650. The van der Waals surface area contributed by atoms with Crippen molar-refractivity contribution in [1.29, 1.82) is 0 Å². The summed E-state index contributed by atoms with van der Waals surface area (Å²) in [5.41, 5.74) is 0.646. The summed E-state index contributed by atoms with van der Waals surface area (Å²) in [4.78, 5) is 30.3. The number of H-pyrrole nitrogens is 1. The van der Waals surface area contributed by atoms with Gasteiger partial charge in [0.25, 0.3) is 5.56 Å². The van der Waals surface area contributed by atoms with Gasteiger partial charge in [0.1, 0.15) is 0 Å². The molecule has 146 valence electrons. The van der Waals surface area contributed by atoms with Crippen LogP contribution in [0.4, 0.5) is 10.7 Å². The quantitative estimate of drug-likeness (QED) is 0.442. The van der Waals surface area contributed by atoms with Crippen LogP contribution in [0.15, 0.2) is 11.4 Å². The molecule has 0 saturated heterocycles. The van der Waals surface area contributed by atoms with Crippen LogP contribution in [-0.4, -0.2) is 22.5 Å². The summed E-state index contributed by atoms with van der Waals surface area (Å²) in [6.07, 6.45) is 14.1. The number of aromatic nitrogens is 2. The molecule has 0 aliphatic rings. The van der Waals surface area contributed by atoms with Gasteiger partial charge in [0, 0.05) is 12.2 Å². The summed E-state index contributed by atoms with van der Waals surface area (Å²) in [6, 6.07) is -0.352. The van der Waals surface area contributed by atoms with Crippen molar-refractivity contribution in [3.05, 3.63) is 28.2 Å². The standard InChI is InChI=1S/C20H34N4O2/c1-4-6-7-8-9-10-11-12-13-14-15-21-20(26)24-19-22-16(3)17(5-2)18(25)23-19/h5H,2,4,6-15H2,1,3H3,(H3,21,22,23,24,25,26). The van der Waals surface area contributed by atoms with E-state index in [4.69, 9.17) is 0 Å². The molecule has 6 heteroatoms. The predicted molar refractivity (Wildman–Crippen MR) is 109 cm³/mol. The first-order chi connectivity index (χ1) is 12.6. The van der Waals surface area contributed by atoms with E-state index in [1.807, 2.05) is 0 Å². The van der Waals surface area contributed by atoms with Gasteiger partial charge in [-0.1, -0.05) is 77.4 Å². The highest BCUT2D eigenvalue weighted by atomic mass is 16.2. The van der Waals surface area contributed by atoms with Gasteiger partial charge in [0.15, 0.2) is 0 Å². The van der Waals surface area contributed by atoms with Crippen LogP contribution in [0.1, 0.15) is 82.4 Å². The Kier molecular flexibility index (Phi) is 11.1. The monoisotopic (exact) mass is 362 g/mol. The molecule has 0 radical (unpaired) electrons. The van der Waals surface area contributed by atoms with Crippen LogP contribution in [-0.2, 0) is 0 Å². The highest BCUT2D eigenvalue weighted by molar-refractivity contribution is 5.87. The second-order valence-electron chi connectivity index (χ2n) is 6.70. The normalized spacial score (nSPS) is 10.5. The summed E-state index contributed by atoms with van der Waals surface area (Å²) in [5, 5.41) is 5.35. The number of hydrogen-bond donors (Lipinski definition) is 3. The van der Waals surface area contributed by atoms with Gasteiger partial charge in [-0.05, 0) is 13.3 Å². The first kappa shape index (κ1) is 21.9. The van der Waals surface area contributed by atoms with Gasteiger partial charge < -0.3 is 10.3 Å². The molecule has 0 aliphatic heterocycles. The van der Waals surface area contributed by atoms with E-state index in [2.05, 4.69) is 34.1 Å². The number of urea groups is 1. The maximum absolute atomic E-state index is 11.8. The largest absolute Gasteiger partial charge is 0.338 e. The van der Waals surface area contributed by atoms with Gasteiger partial charge in [-0.15, -0.1) is 0 Å². The summed E-state index contributed by atoms with van der Waals surface area (Å²) < 4.78 is 0. The molecule has 26 heavy (non-hydrogen) atoms. The lowest BCUT2D eigenvalue weighted by Gasteiger charge is -2.08. The van der Waals surface area contributed by atoms with Gasteiger partial charge in [0.05, 0.1) is 5.56 Å². The molecule has 0 unspecified atom stereocenters. The molecule has 1 rings (SSSR count). The van der Waals surface area contributed by atoms with Crippen molar-refractivity contribution < 1.29 is 4.79 Å². The maximum atomic E-state index is 11.8. The Bertz CT molecular complexity index is 610. The molecule has 0 bridgehead atoms. The number of rotatable bonds is 13. The van der Waals surface area contributed by atoms with E-state index < -0.39 is 5.56 Å². The fourth-order valence-electron chi connectivity index (χ4n) is 2.86. The molecule has 3 N–H and O–H groups in total. The number of aromatic amines is 1. The van der Waals surface area contributed by atoms with E-state index in [0.717, 1.165) is 12.8 Å². The van der Waals surface area contributed by atoms with Gasteiger partial charge >= 0.3 is 6.03 Å². The Morgan fingerprint density at radius 1 is 1.08 bits per heavy atom. The molecule has 2 amide bonds. The molecule has 0 aliphatic carbocycles. The van der Waals surface area contributed by atoms with Gasteiger partial charge in [-0.2, -0.15) is 4.98 Å². The second kappa shape index (κ2) is 13.1. The number of carbonyl (C=O) groups excluding carboxylic acids is 1. The van der Waals surface area contributed by atoms with Crippen LogP contribution in [0.3, 0.4) is 0 Å². The molecule has 0 atom stereocenters. The van der Waals surface area contributed by atoms with Crippen LogP contribution in [0.2, 0.25) is 0 Å². The van der Waals surface area contributed by atoms with E-state index in [-0.39, 0.29) is 12.0 Å². The lowest BCUT2D eigenvalue weighted by Crippen LogP contribution is -2.31. The number of amides is 2. The third-order valence-electron chi connectivity index (χ3n) is 4.41. The Labute approximate surface area is 156 Å². The van der Waals surface area contributed by atoms with Crippen LogP contribution in [0.25, 0.3) is 6.08 Å². The maximum Gasteiger partial charge on any atom is 0.321 e. The zero-order valence-electron chi connectivity index (χ0n) is 16.3. The van der Waals surface area contributed by atoms with Crippen molar-refractivity contribution in [2.45, 2.75) is 78.1 Å².